The van der Waals surface area contributed by atoms with E-state index in [1.165, 1.54) is 0 Å². The molecule has 2 aromatic heterocycles. The molecule has 3 rings (SSSR count). The van der Waals surface area contributed by atoms with E-state index < -0.39 is 0 Å². The quantitative estimate of drug-likeness (QED) is 0.716. The SMILES string of the molecule is Clc1ccc2nc(Cc3ccccc3Cl)nn2c1. The molecule has 0 aliphatic carbocycles. The largest absolute Gasteiger partial charge is 0.219 e. The zero-order chi connectivity index (χ0) is 12.5. The van der Waals surface area contributed by atoms with Gasteiger partial charge in [-0.05, 0) is 23.8 Å². The summed E-state index contributed by atoms with van der Waals surface area (Å²) in [6.45, 7) is 0. The van der Waals surface area contributed by atoms with E-state index in [1.807, 2.05) is 30.3 Å². The molecule has 0 bridgehead atoms. The number of aromatic nitrogens is 3. The van der Waals surface area contributed by atoms with Gasteiger partial charge in [0, 0.05) is 17.6 Å². The summed E-state index contributed by atoms with van der Waals surface area (Å²) in [7, 11) is 0. The Hall–Kier alpha value is -1.58. The van der Waals surface area contributed by atoms with Crippen molar-refractivity contribution in [3.8, 4) is 0 Å². The van der Waals surface area contributed by atoms with Crippen LogP contribution in [0.5, 0.6) is 0 Å². The summed E-state index contributed by atoms with van der Waals surface area (Å²) >= 11 is 12.0. The van der Waals surface area contributed by atoms with E-state index in [-0.39, 0.29) is 0 Å². The van der Waals surface area contributed by atoms with Gasteiger partial charge in [-0.15, -0.1) is 0 Å². The second-order valence-corrected chi connectivity index (χ2v) is 4.79. The third kappa shape index (κ3) is 2.19. The summed E-state index contributed by atoms with van der Waals surface area (Å²) in [5, 5.41) is 5.74. The van der Waals surface area contributed by atoms with Gasteiger partial charge in [0.2, 0.25) is 0 Å². The summed E-state index contributed by atoms with van der Waals surface area (Å²) in [5.41, 5.74) is 1.79. The van der Waals surface area contributed by atoms with E-state index in [0.717, 1.165) is 22.1 Å². The molecule has 0 aliphatic rings. The van der Waals surface area contributed by atoms with E-state index in [1.54, 1.807) is 16.8 Å². The minimum atomic E-state index is 0.610. The Labute approximate surface area is 114 Å². The molecule has 1 aromatic carbocycles. The number of benzene rings is 1. The van der Waals surface area contributed by atoms with Crippen LogP contribution in [0.25, 0.3) is 5.65 Å². The molecule has 3 aromatic rings. The molecule has 0 spiro atoms. The molecule has 18 heavy (non-hydrogen) atoms. The van der Waals surface area contributed by atoms with Crippen LogP contribution in [0.4, 0.5) is 0 Å². The second kappa shape index (κ2) is 4.59. The molecule has 2 heterocycles. The average molecular weight is 278 g/mol. The minimum absolute atomic E-state index is 0.610. The van der Waals surface area contributed by atoms with Gasteiger partial charge in [0.1, 0.15) is 0 Å². The third-order valence-electron chi connectivity index (χ3n) is 2.65. The number of pyridine rings is 1. The van der Waals surface area contributed by atoms with Gasteiger partial charge in [0.25, 0.3) is 0 Å². The maximum atomic E-state index is 6.11. The second-order valence-electron chi connectivity index (χ2n) is 3.95. The number of rotatable bonds is 2. The lowest BCUT2D eigenvalue weighted by Gasteiger charge is -1.99. The highest BCUT2D eigenvalue weighted by atomic mass is 35.5. The first-order chi connectivity index (χ1) is 8.72. The number of hydrogen-bond acceptors (Lipinski definition) is 2. The Balaban J connectivity index is 1.98. The molecule has 90 valence electrons. The Bertz CT molecular complexity index is 706. The van der Waals surface area contributed by atoms with E-state index >= 15 is 0 Å². The lowest BCUT2D eigenvalue weighted by Crippen LogP contribution is -1.92. The molecular weight excluding hydrogens is 269 g/mol. The molecule has 0 aliphatic heterocycles. The summed E-state index contributed by atoms with van der Waals surface area (Å²) in [5.74, 6) is 0.727. The van der Waals surface area contributed by atoms with Gasteiger partial charge in [-0.3, -0.25) is 0 Å². The van der Waals surface area contributed by atoms with Gasteiger partial charge < -0.3 is 0 Å². The monoisotopic (exact) mass is 277 g/mol. The average Bonchev–Trinajstić information content (AvgIpc) is 2.73. The van der Waals surface area contributed by atoms with Crippen LogP contribution in [0.2, 0.25) is 10.0 Å². The molecule has 0 amide bonds. The van der Waals surface area contributed by atoms with Crippen molar-refractivity contribution in [1.82, 2.24) is 14.6 Å². The molecule has 3 nitrogen and oxygen atoms in total. The summed E-state index contributed by atoms with van der Waals surface area (Å²) in [6.07, 6.45) is 2.35. The lowest BCUT2D eigenvalue weighted by molar-refractivity contribution is 0.900. The van der Waals surface area contributed by atoms with E-state index in [4.69, 9.17) is 23.2 Å². The topological polar surface area (TPSA) is 30.2 Å². The van der Waals surface area contributed by atoms with E-state index in [9.17, 15) is 0 Å². The lowest BCUT2D eigenvalue weighted by atomic mass is 10.1. The third-order valence-corrected chi connectivity index (χ3v) is 3.24. The van der Waals surface area contributed by atoms with Crippen molar-refractivity contribution in [3.05, 3.63) is 64.0 Å². The van der Waals surface area contributed by atoms with Gasteiger partial charge in [-0.25, -0.2) is 9.50 Å². The fourth-order valence-electron chi connectivity index (χ4n) is 1.79. The van der Waals surface area contributed by atoms with Crippen molar-refractivity contribution in [2.75, 3.05) is 0 Å². The van der Waals surface area contributed by atoms with Crippen molar-refractivity contribution >= 4 is 28.8 Å². The Morgan fingerprint density at radius 3 is 2.72 bits per heavy atom. The number of halogens is 2. The Morgan fingerprint density at radius 2 is 1.89 bits per heavy atom. The van der Waals surface area contributed by atoms with Crippen LogP contribution in [0.15, 0.2) is 42.6 Å². The maximum absolute atomic E-state index is 6.11. The standard InChI is InChI=1S/C13H9Cl2N3/c14-10-5-6-13-16-12(17-18(13)8-10)7-9-3-1-2-4-11(9)15/h1-6,8H,7H2. The summed E-state index contributed by atoms with van der Waals surface area (Å²) in [4.78, 5) is 4.42. The Kier molecular flexibility index (Phi) is 2.94. The molecule has 5 heteroatoms. The highest BCUT2D eigenvalue weighted by Crippen LogP contribution is 2.18. The van der Waals surface area contributed by atoms with Crippen LogP contribution in [0, 0.1) is 0 Å². The normalized spacial score (nSPS) is 11.0. The van der Waals surface area contributed by atoms with Crippen molar-refractivity contribution in [2.24, 2.45) is 0 Å². The predicted molar refractivity (Wildman–Crippen MR) is 72.3 cm³/mol. The molecule has 0 saturated heterocycles. The zero-order valence-corrected chi connectivity index (χ0v) is 10.9. The van der Waals surface area contributed by atoms with Crippen molar-refractivity contribution in [2.45, 2.75) is 6.42 Å². The van der Waals surface area contributed by atoms with E-state index in [0.29, 0.717) is 11.4 Å². The van der Waals surface area contributed by atoms with Gasteiger partial charge in [0.05, 0.1) is 5.02 Å². The van der Waals surface area contributed by atoms with Crippen molar-refractivity contribution in [3.63, 3.8) is 0 Å². The van der Waals surface area contributed by atoms with E-state index in [2.05, 4.69) is 10.1 Å². The molecule has 0 unspecified atom stereocenters. The summed E-state index contributed by atoms with van der Waals surface area (Å²) < 4.78 is 1.68. The number of fused-ring (bicyclic) bond motifs is 1. The molecule has 0 saturated carbocycles. The van der Waals surface area contributed by atoms with Gasteiger partial charge >= 0.3 is 0 Å². The fourth-order valence-corrected chi connectivity index (χ4v) is 2.15. The maximum Gasteiger partial charge on any atom is 0.156 e. The Morgan fingerprint density at radius 1 is 1.06 bits per heavy atom. The smallest absolute Gasteiger partial charge is 0.156 e. The van der Waals surface area contributed by atoms with Crippen LogP contribution < -0.4 is 0 Å². The minimum Gasteiger partial charge on any atom is -0.219 e. The number of nitrogens with zero attached hydrogens (tertiary/aromatic N) is 3. The van der Waals surface area contributed by atoms with Crippen molar-refractivity contribution in [1.29, 1.82) is 0 Å². The van der Waals surface area contributed by atoms with Gasteiger partial charge in [-0.2, -0.15) is 5.10 Å². The van der Waals surface area contributed by atoms with Crippen LogP contribution >= 0.6 is 23.2 Å². The molecule has 0 radical (unpaired) electrons. The summed E-state index contributed by atoms with van der Waals surface area (Å²) in [6, 6.07) is 11.3. The van der Waals surface area contributed by atoms with Crippen LogP contribution in [-0.4, -0.2) is 14.6 Å². The molecular formula is C13H9Cl2N3. The van der Waals surface area contributed by atoms with Gasteiger partial charge in [0.15, 0.2) is 11.5 Å². The molecule has 0 fully saturated rings. The number of hydrogen-bond donors (Lipinski definition) is 0. The van der Waals surface area contributed by atoms with Gasteiger partial charge in [-0.1, -0.05) is 41.4 Å². The molecule has 0 N–H and O–H groups in total. The van der Waals surface area contributed by atoms with Crippen LogP contribution in [0.1, 0.15) is 11.4 Å². The first-order valence-electron chi connectivity index (χ1n) is 5.46. The van der Waals surface area contributed by atoms with Crippen molar-refractivity contribution < 1.29 is 0 Å². The first-order valence-corrected chi connectivity index (χ1v) is 6.22. The molecule has 0 atom stereocenters. The highest BCUT2D eigenvalue weighted by molar-refractivity contribution is 6.31. The fraction of sp³-hybridized carbons (Fsp3) is 0.0769. The zero-order valence-electron chi connectivity index (χ0n) is 9.35. The van der Waals surface area contributed by atoms with Crippen LogP contribution in [-0.2, 0) is 6.42 Å². The predicted octanol–water partition coefficient (Wildman–Crippen LogP) is 3.63. The van der Waals surface area contributed by atoms with Crippen LogP contribution in [0.3, 0.4) is 0 Å². The highest BCUT2D eigenvalue weighted by Gasteiger charge is 2.07. The first kappa shape index (κ1) is 11.5.